The molecule has 1 saturated heterocycles. The van der Waals surface area contributed by atoms with Crippen LogP contribution in [0.2, 0.25) is 0 Å². The van der Waals surface area contributed by atoms with Crippen molar-refractivity contribution in [1.82, 2.24) is 9.21 Å². The van der Waals surface area contributed by atoms with Crippen molar-refractivity contribution in [1.29, 1.82) is 0 Å². The summed E-state index contributed by atoms with van der Waals surface area (Å²) in [5.74, 6) is 1.09. The van der Waals surface area contributed by atoms with Crippen LogP contribution in [0, 0.1) is 10.8 Å². The van der Waals surface area contributed by atoms with Crippen molar-refractivity contribution in [3.05, 3.63) is 11.3 Å². The van der Waals surface area contributed by atoms with Gasteiger partial charge in [0.15, 0.2) is 0 Å². The minimum atomic E-state index is -3.17. The Bertz CT molecular complexity index is 749. The first-order valence-corrected chi connectivity index (χ1v) is 11.3. The van der Waals surface area contributed by atoms with E-state index < -0.39 is 10.0 Å². The second kappa shape index (κ2) is 6.06. The van der Waals surface area contributed by atoms with Gasteiger partial charge < -0.3 is 4.90 Å². The molecule has 3 aliphatic rings. The molecule has 0 bridgehead atoms. The van der Waals surface area contributed by atoms with Crippen LogP contribution in [0.5, 0.6) is 0 Å². The standard InChI is InChI=1S/C20H35N3O2S/c1-13-17(19(2,3)4)16-11-14(22(8)26(24,25)15-9-10-15)12-23(16)18(21-13)20(5,6)7/h13-15H,9-12H2,1-8H3/t13-,14-/m0/s1. The predicted octanol–water partition coefficient (Wildman–Crippen LogP) is 3.63. The number of likely N-dealkylation sites (N-methyl/N-ethyl adjacent to an activating group) is 1. The third-order valence-electron chi connectivity index (χ3n) is 5.79. The summed E-state index contributed by atoms with van der Waals surface area (Å²) < 4.78 is 27.2. The van der Waals surface area contributed by atoms with Crippen LogP contribution in [-0.4, -0.2) is 54.4 Å². The average molecular weight is 382 g/mol. The summed E-state index contributed by atoms with van der Waals surface area (Å²) in [5.41, 5.74) is 2.60. The van der Waals surface area contributed by atoms with Gasteiger partial charge in [-0.25, -0.2) is 8.42 Å². The fraction of sp³-hybridized carbons (Fsp3) is 0.850. The van der Waals surface area contributed by atoms with Crippen molar-refractivity contribution in [2.75, 3.05) is 13.6 Å². The van der Waals surface area contributed by atoms with Crippen LogP contribution in [0.3, 0.4) is 0 Å². The molecule has 1 aliphatic carbocycles. The van der Waals surface area contributed by atoms with Gasteiger partial charge in [-0.05, 0) is 30.8 Å². The molecular weight excluding hydrogens is 346 g/mol. The lowest BCUT2D eigenvalue weighted by Crippen LogP contribution is -2.45. The second-order valence-electron chi connectivity index (χ2n) is 10.2. The molecule has 0 aromatic heterocycles. The molecule has 1 saturated carbocycles. The maximum atomic E-state index is 12.8. The second-order valence-corrected chi connectivity index (χ2v) is 12.5. The van der Waals surface area contributed by atoms with Crippen molar-refractivity contribution in [2.45, 2.75) is 85.1 Å². The van der Waals surface area contributed by atoms with E-state index >= 15 is 0 Å². The van der Waals surface area contributed by atoms with Gasteiger partial charge in [0.05, 0.1) is 11.3 Å². The smallest absolute Gasteiger partial charge is 0.217 e. The first kappa shape index (κ1) is 19.9. The van der Waals surface area contributed by atoms with Gasteiger partial charge in [-0.3, -0.25) is 4.99 Å². The zero-order valence-electron chi connectivity index (χ0n) is 17.6. The molecule has 0 aromatic carbocycles. The zero-order chi connectivity index (χ0) is 19.7. The summed E-state index contributed by atoms with van der Waals surface area (Å²) in [4.78, 5) is 7.39. The van der Waals surface area contributed by atoms with Gasteiger partial charge in [0.2, 0.25) is 10.0 Å². The Balaban J connectivity index is 2.01. The van der Waals surface area contributed by atoms with E-state index in [2.05, 4.69) is 53.4 Å². The number of amidine groups is 1. The molecule has 3 rings (SSSR count). The molecule has 0 N–H and O–H groups in total. The third kappa shape index (κ3) is 3.35. The summed E-state index contributed by atoms with van der Waals surface area (Å²) in [7, 11) is -1.40. The van der Waals surface area contributed by atoms with Crippen LogP contribution in [0.25, 0.3) is 0 Å². The lowest BCUT2D eigenvalue weighted by atomic mass is 9.79. The third-order valence-corrected chi connectivity index (χ3v) is 8.20. The Morgan fingerprint density at radius 2 is 1.65 bits per heavy atom. The molecule has 5 nitrogen and oxygen atoms in total. The van der Waals surface area contributed by atoms with Crippen molar-refractivity contribution in [3.8, 4) is 0 Å². The lowest BCUT2D eigenvalue weighted by molar-refractivity contribution is 0.354. The van der Waals surface area contributed by atoms with Gasteiger partial charge in [-0.15, -0.1) is 0 Å². The number of nitrogens with zero attached hydrogens (tertiary/aromatic N) is 3. The summed E-state index contributed by atoms with van der Waals surface area (Å²) in [6, 6.07) is 0.130. The van der Waals surface area contributed by atoms with Crippen LogP contribution < -0.4 is 0 Å². The van der Waals surface area contributed by atoms with Crippen molar-refractivity contribution in [3.63, 3.8) is 0 Å². The van der Waals surface area contributed by atoms with Gasteiger partial charge in [0.25, 0.3) is 0 Å². The Labute approximate surface area is 159 Å². The highest BCUT2D eigenvalue weighted by molar-refractivity contribution is 7.90. The quantitative estimate of drug-likeness (QED) is 0.750. The maximum Gasteiger partial charge on any atom is 0.217 e. The topological polar surface area (TPSA) is 53.0 Å². The molecule has 26 heavy (non-hydrogen) atoms. The molecule has 2 fully saturated rings. The predicted molar refractivity (Wildman–Crippen MR) is 108 cm³/mol. The Morgan fingerprint density at radius 3 is 2.12 bits per heavy atom. The molecule has 6 heteroatoms. The Hall–Kier alpha value is -0.880. The van der Waals surface area contributed by atoms with Gasteiger partial charge in [-0.2, -0.15) is 4.31 Å². The van der Waals surface area contributed by atoms with Crippen LogP contribution >= 0.6 is 0 Å². The fourth-order valence-corrected chi connectivity index (χ4v) is 6.22. The molecular formula is C20H35N3O2S. The van der Waals surface area contributed by atoms with Gasteiger partial charge >= 0.3 is 0 Å². The summed E-state index contributed by atoms with van der Waals surface area (Å²) in [6.45, 7) is 16.2. The molecule has 0 spiro atoms. The van der Waals surface area contributed by atoms with Gasteiger partial charge in [0.1, 0.15) is 5.84 Å². The number of aliphatic imine (C=N–C) groups is 1. The van der Waals surface area contributed by atoms with E-state index in [0.717, 1.165) is 25.1 Å². The molecule has 0 amide bonds. The number of hydrogen-bond donors (Lipinski definition) is 0. The van der Waals surface area contributed by atoms with Crippen LogP contribution in [0.1, 0.15) is 67.7 Å². The van der Waals surface area contributed by atoms with E-state index in [0.29, 0.717) is 6.54 Å². The maximum absolute atomic E-state index is 12.8. The SMILES string of the molecule is C[C@@H]1N=C(C(C)(C)C)N2C[C@@H](N(C)S(=O)(=O)C3CC3)CC2=C1C(C)(C)C. The highest BCUT2D eigenvalue weighted by Gasteiger charge is 2.47. The highest BCUT2D eigenvalue weighted by Crippen LogP contribution is 2.44. The van der Waals surface area contributed by atoms with E-state index in [4.69, 9.17) is 4.99 Å². The molecule has 0 unspecified atom stereocenters. The number of rotatable bonds is 3. The monoisotopic (exact) mass is 381 g/mol. The molecule has 0 aromatic rings. The molecule has 0 radical (unpaired) electrons. The van der Waals surface area contributed by atoms with Crippen molar-refractivity contribution in [2.24, 2.45) is 15.8 Å². The molecule has 148 valence electrons. The van der Waals surface area contributed by atoms with E-state index in [1.807, 2.05) is 0 Å². The lowest BCUT2D eigenvalue weighted by Gasteiger charge is -2.41. The minimum Gasteiger partial charge on any atom is -0.332 e. The van der Waals surface area contributed by atoms with E-state index in [9.17, 15) is 8.42 Å². The highest BCUT2D eigenvalue weighted by atomic mass is 32.2. The van der Waals surface area contributed by atoms with E-state index in [-0.39, 0.29) is 28.2 Å². The molecule has 2 heterocycles. The normalized spacial score (nSPS) is 27.9. The van der Waals surface area contributed by atoms with Gasteiger partial charge in [-0.1, -0.05) is 41.5 Å². The number of fused-ring (bicyclic) bond motifs is 1. The largest absolute Gasteiger partial charge is 0.332 e. The fourth-order valence-electron chi connectivity index (χ4n) is 4.46. The Kier molecular flexibility index (Phi) is 4.63. The number of sulfonamides is 1. The average Bonchev–Trinajstić information content (AvgIpc) is 3.24. The van der Waals surface area contributed by atoms with Crippen molar-refractivity contribution >= 4 is 15.9 Å². The Morgan fingerprint density at radius 1 is 1.08 bits per heavy atom. The van der Waals surface area contributed by atoms with E-state index in [1.54, 1.807) is 11.4 Å². The summed E-state index contributed by atoms with van der Waals surface area (Å²) >= 11 is 0. The first-order chi connectivity index (χ1) is 11.7. The summed E-state index contributed by atoms with van der Waals surface area (Å²) in [5, 5.41) is -0.157. The van der Waals surface area contributed by atoms with Crippen LogP contribution in [-0.2, 0) is 10.0 Å². The van der Waals surface area contributed by atoms with Crippen molar-refractivity contribution < 1.29 is 8.42 Å². The van der Waals surface area contributed by atoms with Crippen LogP contribution in [0.15, 0.2) is 16.3 Å². The number of hydrogen-bond acceptors (Lipinski definition) is 4. The van der Waals surface area contributed by atoms with Gasteiger partial charge in [0, 0.05) is 37.2 Å². The van der Waals surface area contributed by atoms with Crippen LogP contribution in [0.4, 0.5) is 0 Å². The zero-order valence-corrected chi connectivity index (χ0v) is 18.4. The van der Waals surface area contributed by atoms with E-state index in [1.165, 1.54) is 11.3 Å². The molecule has 2 aliphatic heterocycles. The summed E-state index contributed by atoms with van der Waals surface area (Å²) in [6.07, 6.45) is 2.41. The minimum absolute atomic E-state index is 0.00852. The first-order valence-electron chi connectivity index (χ1n) is 9.80. The molecule has 2 atom stereocenters.